The zero-order valence-corrected chi connectivity index (χ0v) is 16.1. The number of hydrogen-bond acceptors (Lipinski definition) is 4. The molecular weight excluding hydrogens is 401 g/mol. The molecule has 0 atom stereocenters. The van der Waals surface area contributed by atoms with Gasteiger partial charge >= 0.3 is 0 Å². The summed E-state index contributed by atoms with van der Waals surface area (Å²) in [7, 11) is 3.62. The number of rotatable bonds is 7. The van der Waals surface area contributed by atoms with Crippen LogP contribution in [0.4, 0.5) is 5.69 Å². The molecule has 1 rings (SSSR count). The van der Waals surface area contributed by atoms with Crippen LogP contribution in [0.25, 0.3) is 0 Å². The highest BCUT2D eigenvalue weighted by Gasteiger charge is 2.07. The Kier molecular flexibility index (Phi) is 8.47. The van der Waals surface area contributed by atoms with E-state index in [0.29, 0.717) is 0 Å². The maximum absolute atomic E-state index is 11.5. The molecular formula is C18H22IN3O. The molecule has 0 bridgehead atoms. The number of halogens is 1. The topological polar surface area (TPSA) is 45.0 Å². The largest absolute Gasteiger partial charge is 0.296 e. The molecule has 0 heterocycles. The molecule has 0 saturated carbocycles. The molecule has 0 radical (unpaired) electrons. The van der Waals surface area contributed by atoms with Gasteiger partial charge in [0.05, 0.1) is 11.9 Å². The first kappa shape index (κ1) is 19.3. The van der Waals surface area contributed by atoms with E-state index in [4.69, 9.17) is 0 Å². The summed E-state index contributed by atoms with van der Waals surface area (Å²) in [4.78, 5) is 15.4. The summed E-state index contributed by atoms with van der Waals surface area (Å²) in [6.45, 7) is 4.02. The van der Waals surface area contributed by atoms with Gasteiger partial charge in [0.25, 0.3) is 0 Å². The van der Waals surface area contributed by atoms with Crippen molar-refractivity contribution in [3.8, 4) is 0 Å². The zero-order valence-electron chi connectivity index (χ0n) is 14.0. The second-order valence-corrected chi connectivity index (χ2v) is 5.91. The average molecular weight is 423 g/mol. The normalized spacial score (nSPS) is 12.7. The van der Waals surface area contributed by atoms with Crippen molar-refractivity contribution in [1.29, 1.82) is 0 Å². The first-order chi connectivity index (χ1) is 11.0. The second-order valence-electron chi connectivity index (χ2n) is 4.93. The third-order valence-electron chi connectivity index (χ3n) is 3.14. The van der Waals surface area contributed by atoms with Gasteiger partial charge in [-0.05, 0) is 48.8 Å². The van der Waals surface area contributed by atoms with Gasteiger partial charge in [-0.15, -0.1) is 0 Å². The summed E-state index contributed by atoms with van der Waals surface area (Å²) in [5, 5.41) is 6.24. The maximum atomic E-state index is 11.5. The predicted octanol–water partition coefficient (Wildman–Crippen LogP) is 4.59. The minimum absolute atomic E-state index is 0.0478. The van der Waals surface area contributed by atoms with Gasteiger partial charge in [-0.3, -0.25) is 14.8 Å². The van der Waals surface area contributed by atoms with E-state index in [-0.39, 0.29) is 3.79 Å². The van der Waals surface area contributed by atoms with Crippen LogP contribution < -0.4 is 5.01 Å². The van der Waals surface area contributed by atoms with Gasteiger partial charge in [-0.1, -0.05) is 19.1 Å². The van der Waals surface area contributed by atoms with Gasteiger partial charge in [0.1, 0.15) is 0 Å². The Balaban J connectivity index is 2.96. The third-order valence-corrected chi connectivity index (χ3v) is 3.72. The van der Waals surface area contributed by atoms with Crippen molar-refractivity contribution in [3.63, 3.8) is 0 Å². The summed E-state index contributed by atoms with van der Waals surface area (Å²) in [6.07, 6.45) is 10.5. The number of anilines is 1. The van der Waals surface area contributed by atoms with Crippen LogP contribution in [0.1, 0.15) is 29.3 Å². The van der Waals surface area contributed by atoms with Gasteiger partial charge in [0.15, 0.2) is 0 Å². The summed E-state index contributed by atoms with van der Waals surface area (Å²) in [5.74, 6) is 0. The lowest BCUT2D eigenvalue weighted by molar-refractivity contribution is 0.110. The highest BCUT2D eigenvalue weighted by atomic mass is 127. The Morgan fingerprint density at radius 3 is 2.70 bits per heavy atom. The Hall–Kier alpha value is -1.76. The average Bonchev–Trinajstić information content (AvgIpc) is 2.53. The van der Waals surface area contributed by atoms with Crippen molar-refractivity contribution in [1.82, 2.24) is 0 Å². The Labute approximate surface area is 151 Å². The van der Waals surface area contributed by atoms with Crippen molar-refractivity contribution < 1.29 is 4.79 Å². The van der Waals surface area contributed by atoms with Gasteiger partial charge in [0, 0.05) is 48.5 Å². The quantitative estimate of drug-likeness (QED) is 0.212. The van der Waals surface area contributed by atoms with Crippen LogP contribution in [0.2, 0.25) is 0 Å². The number of carbonyl (C=O) groups is 1. The molecule has 1 aromatic carbocycles. The van der Waals surface area contributed by atoms with Crippen molar-refractivity contribution >= 4 is 44.5 Å². The van der Waals surface area contributed by atoms with E-state index in [2.05, 4.69) is 23.1 Å². The van der Waals surface area contributed by atoms with Crippen molar-refractivity contribution in [2.45, 2.75) is 20.3 Å². The minimum atomic E-state index is 0.0478. The van der Waals surface area contributed by atoms with Crippen molar-refractivity contribution in [2.75, 3.05) is 19.1 Å². The summed E-state index contributed by atoms with van der Waals surface area (Å²) in [5.41, 5.74) is 3.59. The van der Waals surface area contributed by atoms with E-state index in [1.54, 1.807) is 47.1 Å². The van der Waals surface area contributed by atoms with E-state index < -0.39 is 0 Å². The summed E-state index contributed by atoms with van der Waals surface area (Å²) >= 11 is 1.80. The monoisotopic (exact) mass is 423 g/mol. The summed E-state index contributed by atoms with van der Waals surface area (Å²) in [6, 6.07) is 5.69. The van der Waals surface area contributed by atoms with E-state index in [9.17, 15) is 4.79 Å². The number of carbonyl (C=O) groups excluding carboxylic acids is 1. The number of allylic oxidation sites excluding steroid dienone is 4. The molecule has 0 spiro atoms. The number of aryl methyl sites for hydroxylation is 1. The Bertz CT molecular complexity index is 660. The number of benzene rings is 1. The highest BCUT2D eigenvalue weighted by molar-refractivity contribution is 14.1. The van der Waals surface area contributed by atoms with Crippen LogP contribution in [-0.2, 0) is 0 Å². The van der Waals surface area contributed by atoms with Crippen LogP contribution in [0, 0.1) is 6.92 Å². The molecule has 4 nitrogen and oxygen atoms in total. The van der Waals surface area contributed by atoms with E-state index in [1.165, 1.54) is 0 Å². The van der Waals surface area contributed by atoms with Gasteiger partial charge in [-0.2, -0.15) is 5.10 Å². The first-order valence-electron chi connectivity index (χ1n) is 7.36. The molecule has 0 aliphatic heterocycles. The molecule has 0 unspecified atom stereocenters. The molecule has 0 aliphatic carbocycles. The lowest BCUT2D eigenvalue weighted by Crippen LogP contribution is -2.10. The van der Waals surface area contributed by atoms with Crippen LogP contribution >= 0.6 is 22.6 Å². The molecule has 122 valence electrons. The number of hydrogen-bond donors (Lipinski definition) is 0. The Morgan fingerprint density at radius 1 is 1.39 bits per heavy atom. The lowest BCUT2D eigenvalue weighted by atomic mass is 10.1. The fourth-order valence-corrected chi connectivity index (χ4v) is 2.45. The number of nitrogens with zero attached hydrogens (tertiary/aromatic N) is 3. The van der Waals surface area contributed by atoms with Crippen LogP contribution in [0.15, 0.2) is 52.1 Å². The molecule has 23 heavy (non-hydrogen) atoms. The maximum Gasteiger partial charge on any atom is 0.222 e. The fraction of sp³-hybridized carbons (Fsp3) is 0.278. The van der Waals surface area contributed by atoms with Gasteiger partial charge in [0.2, 0.25) is 3.79 Å². The predicted molar refractivity (Wildman–Crippen MR) is 108 cm³/mol. The molecule has 5 heteroatoms. The molecule has 0 saturated heterocycles. The van der Waals surface area contributed by atoms with Crippen LogP contribution in [0.3, 0.4) is 0 Å². The molecule has 0 aromatic heterocycles. The number of hydrazone groups is 1. The fourth-order valence-electron chi connectivity index (χ4n) is 1.85. The van der Waals surface area contributed by atoms with Gasteiger partial charge in [-0.25, -0.2) is 0 Å². The van der Waals surface area contributed by atoms with Crippen LogP contribution in [0.5, 0.6) is 0 Å². The van der Waals surface area contributed by atoms with Crippen molar-refractivity contribution in [3.05, 3.63) is 53.1 Å². The van der Waals surface area contributed by atoms with Crippen LogP contribution in [-0.4, -0.2) is 30.3 Å². The second kappa shape index (κ2) is 10.1. The van der Waals surface area contributed by atoms with E-state index in [0.717, 1.165) is 28.8 Å². The summed E-state index contributed by atoms with van der Waals surface area (Å²) < 4.78 is 0.0478. The molecule has 0 fully saturated rings. The molecule has 1 aromatic rings. The molecule has 0 N–H and O–H groups in total. The first-order valence-corrected chi connectivity index (χ1v) is 8.44. The minimum Gasteiger partial charge on any atom is -0.296 e. The smallest absolute Gasteiger partial charge is 0.222 e. The lowest BCUT2D eigenvalue weighted by Gasteiger charge is -2.14. The number of aliphatic imine (C=N–C) groups is 1. The van der Waals surface area contributed by atoms with E-state index in [1.807, 2.05) is 44.3 Å². The standard InChI is InChI=1S/C18H22IN3O/c1-5-6-7-15(10-11-20-3)13-21-22(4)16-8-9-17(18(19)23)14(2)12-16/h6-13H,5H2,1-4H3/b7-6-,15-10+,20-11?,21-13-. The SMILES string of the molecule is CC\C=C/C(/C=N\N(C)c1ccc(C(=O)I)c(C)c1)=C\C=NC. The Morgan fingerprint density at radius 2 is 2.13 bits per heavy atom. The molecule has 0 aliphatic rings. The molecule has 0 amide bonds. The zero-order chi connectivity index (χ0) is 17.2. The third kappa shape index (κ3) is 6.48. The van der Waals surface area contributed by atoms with Gasteiger partial charge < -0.3 is 0 Å². The highest BCUT2D eigenvalue weighted by Crippen LogP contribution is 2.20. The van der Waals surface area contributed by atoms with E-state index >= 15 is 0 Å². The van der Waals surface area contributed by atoms with Crippen molar-refractivity contribution in [2.24, 2.45) is 10.1 Å².